The third-order valence-corrected chi connectivity index (χ3v) is 6.93. The molecule has 10 heteroatoms. The maximum Gasteiger partial charge on any atom is 0.240 e. The summed E-state index contributed by atoms with van der Waals surface area (Å²) in [7, 11) is -3.75. The smallest absolute Gasteiger partial charge is 0.240 e. The number of hydrogen-bond acceptors (Lipinski definition) is 5. The van der Waals surface area contributed by atoms with Crippen LogP contribution in [0.4, 0.5) is 4.39 Å². The largest absolute Gasteiger partial charge is 0.343 e. The summed E-state index contributed by atoms with van der Waals surface area (Å²) in [4.78, 5) is 18.8. The minimum absolute atomic E-state index is 0.00528. The Morgan fingerprint density at radius 3 is 2.48 bits per heavy atom. The molecule has 1 saturated heterocycles. The van der Waals surface area contributed by atoms with Gasteiger partial charge in [0.15, 0.2) is 5.82 Å². The number of amides is 1. The number of likely N-dealkylation sites (tertiary alicyclic amines) is 1. The summed E-state index contributed by atoms with van der Waals surface area (Å²) in [6.07, 6.45) is 4.03. The second kappa shape index (κ2) is 8.19. The van der Waals surface area contributed by atoms with Gasteiger partial charge in [0.25, 0.3) is 0 Å². The SMILES string of the molecule is O=C(CCNS(=O)(=O)c1ccc(F)cc1)N1CCC(c2nc(C3CC3)n[nH]2)CC1. The number of carbonyl (C=O) groups excluding carboxylic acids is 1. The van der Waals surface area contributed by atoms with Gasteiger partial charge in [-0.1, -0.05) is 0 Å². The van der Waals surface area contributed by atoms with Crippen LogP contribution in [0.5, 0.6) is 0 Å². The molecule has 8 nitrogen and oxygen atoms in total. The van der Waals surface area contributed by atoms with Crippen LogP contribution in [0.15, 0.2) is 29.2 Å². The molecule has 2 aliphatic rings. The highest BCUT2D eigenvalue weighted by atomic mass is 32.2. The van der Waals surface area contributed by atoms with E-state index in [0.29, 0.717) is 19.0 Å². The molecule has 1 aromatic carbocycles. The molecule has 2 heterocycles. The van der Waals surface area contributed by atoms with Crippen molar-refractivity contribution in [3.63, 3.8) is 0 Å². The Hall–Kier alpha value is -2.33. The van der Waals surface area contributed by atoms with Gasteiger partial charge in [-0.15, -0.1) is 0 Å². The van der Waals surface area contributed by atoms with Gasteiger partial charge in [0, 0.05) is 37.9 Å². The number of carbonyl (C=O) groups is 1. The van der Waals surface area contributed by atoms with E-state index < -0.39 is 15.8 Å². The van der Waals surface area contributed by atoms with Crippen molar-refractivity contribution in [3.8, 4) is 0 Å². The Balaban J connectivity index is 1.23. The highest BCUT2D eigenvalue weighted by Crippen LogP contribution is 2.38. The topological polar surface area (TPSA) is 108 Å². The molecular weight excluding hydrogens is 397 g/mol. The summed E-state index contributed by atoms with van der Waals surface area (Å²) in [5, 5.41) is 7.34. The van der Waals surface area contributed by atoms with Crippen molar-refractivity contribution in [2.45, 2.75) is 48.8 Å². The molecule has 1 saturated carbocycles. The number of rotatable bonds is 7. The molecule has 1 aliphatic carbocycles. The van der Waals surface area contributed by atoms with Crippen molar-refractivity contribution >= 4 is 15.9 Å². The Morgan fingerprint density at radius 1 is 1.14 bits per heavy atom. The van der Waals surface area contributed by atoms with Crippen LogP contribution in [0.3, 0.4) is 0 Å². The van der Waals surface area contributed by atoms with Crippen molar-refractivity contribution in [1.82, 2.24) is 24.8 Å². The maximum atomic E-state index is 12.9. The monoisotopic (exact) mass is 421 g/mol. The van der Waals surface area contributed by atoms with Crippen LogP contribution in [0.2, 0.25) is 0 Å². The van der Waals surface area contributed by atoms with Crippen molar-refractivity contribution in [2.24, 2.45) is 0 Å². The second-order valence-corrected chi connectivity index (χ2v) is 9.38. The number of nitrogens with zero attached hydrogens (tertiary/aromatic N) is 3. The number of piperidine rings is 1. The lowest BCUT2D eigenvalue weighted by molar-refractivity contribution is -0.132. The highest BCUT2D eigenvalue weighted by Gasteiger charge is 2.30. The zero-order valence-electron chi connectivity index (χ0n) is 16.0. The van der Waals surface area contributed by atoms with E-state index in [-0.39, 0.29) is 29.7 Å². The number of aromatic amines is 1. The predicted octanol–water partition coefficient (Wildman–Crippen LogP) is 1.90. The van der Waals surface area contributed by atoms with E-state index in [2.05, 4.69) is 19.9 Å². The lowest BCUT2D eigenvalue weighted by Crippen LogP contribution is -2.39. The minimum atomic E-state index is -3.75. The molecule has 0 atom stereocenters. The van der Waals surface area contributed by atoms with Gasteiger partial charge in [-0.3, -0.25) is 9.89 Å². The fraction of sp³-hybridized carbons (Fsp3) is 0.526. The zero-order valence-corrected chi connectivity index (χ0v) is 16.8. The summed E-state index contributed by atoms with van der Waals surface area (Å²) in [6.45, 7) is 1.24. The molecule has 2 aromatic rings. The van der Waals surface area contributed by atoms with Gasteiger partial charge in [-0.2, -0.15) is 5.10 Å². The predicted molar refractivity (Wildman–Crippen MR) is 103 cm³/mol. The molecule has 0 bridgehead atoms. The lowest BCUT2D eigenvalue weighted by Gasteiger charge is -2.31. The summed E-state index contributed by atoms with van der Waals surface area (Å²) in [5.41, 5.74) is 0. The van der Waals surface area contributed by atoms with E-state index in [1.807, 2.05) is 0 Å². The van der Waals surface area contributed by atoms with E-state index >= 15 is 0 Å². The van der Waals surface area contributed by atoms with Crippen LogP contribution in [0.1, 0.15) is 55.6 Å². The summed E-state index contributed by atoms with van der Waals surface area (Å²) in [5.74, 6) is 2.02. The van der Waals surface area contributed by atoms with Gasteiger partial charge < -0.3 is 4.90 Å². The Labute approximate surface area is 169 Å². The standard InChI is InChI=1S/C19H24FN5O3S/c20-15-3-5-16(6-4-15)29(27,28)21-10-7-17(26)25-11-8-14(9-12-25)19-22-18(23-24-19)13-1-2-13/h3-6,13-14,21H,1-2,7-12H2,(H,22,23,24). The number of sulfonamides is 1. The third-order valence-electron chi connectivity index (χ3n) is 5.45. The molecule has 2 N–H and O–H groups in total. The minimum Gasteiger partial charge on any atom is -0.343 e. The zero-order chi connectivity index (χ0) is 20.4. The average Bonchev–Trinajstić information content (AvgIpc) is 3.45. The first kappa shape index (κ1) is 20.0. The Bertz CT molecular complexity index is 964. The van der Waals surface area contributed by atoms with E-state index in [4.69, 9.17) is 0 Å². The molecule has 2 fully saturated rings. The van der Waals surface area contributed by atoms with Crippen molar-refractivity contribution < 1.29 is 17.6 Å². The third kappa shape index (κ3) is 4.81. The number of nitrogens with one attached hydrogen (secondary N) is 2. The quantitative estimate of drug-likeness (QED) is 0.710. The van der Waals surface area contributed by atoms with Crippen molar-refractivity contribution in [3.05, 3.63) is 41.7 Å². The first-order valence-electron chi connectivity index (χ1n) is 9.87. The van der Waals surface area contributed by atoms with Crippen LogP contribution in [-0.2, 0) is 14.8 Å². The van der Waals surface area contributed by atoms with E-state index in [1.165, 1.54) is 12.1 Å². The van der Waals surface area contributed by atoms with Gasteiger partial charge in [-0.05, 0) is 49.9 Å². The molecule has 0 spiro atoms. The molecule has 156 valence electrons. The molecule has 0 radical (unpaired) electrons. The number of aromatic nitrogens is 3. The van der Waals surface area contributed by atoms with E-state index in [1.54, 1.807) is 4.90 Å². The molecule has 0 unspecified atom stereocenters. The number of hydrogen-bond donors (Lipinski definition) is 2. The Morgan fingerprint density at radius 2 is 1.83 bits per heavy atom. The van der Waals surface area contributed by atoms with Gasteiger partial charge >= 0.3 is 0 Å². The number of H-pyrrole nitrogens is 1. The summed E-state index contributed by atoms with van der Waals surface area (Å²) in [6, 6.07) is 4.57. The molecule has 29 heavy (non-hydrogen) atoms. The van der Waals surface area contributed by atoms with Crippen LogP contribution in [0.25, 0.3) is 0 Å². The summed E-state index contributed by atoms with van der Waals surface area (Å²) < 4.78 is 39.7. The normalized spacial score (nSPS) is 18.2. The Kier molecular flexibility index (Phi) is 5.64. The van der Waals surface area contributed by atoms with Crippen LogP contribution < -0.4 is 4.72 Å². The molecule has 4 rings (SSSR count). The number of halogens is 1. The second-order valence-electron chi connectivity index (χ2n) is 7.61. The van der Waals surface area contributed by atoms with E-state index in [9.17, 15) is 17.6 Å². The first-order valence-corrected chi connectivity index (χ1v) is 11.4. The summed E-state index contributed by atoms with van der Waals surface area (Å²) >= 11 is 0. The fourth-order valence-corrected chi connectivity index (χ4v) is 4.58. The van der Waals surface area contributed by atoms with Gasteiger partial charge in [0.1, 0.15) is 11.6 Å². The van der Waals surface area contributed by atoms with Crippen molar-refractivity contribution in [1.29, 1.82) is 0 Å². The van der Waals surface area contributed by atoms with Crippen LogP contribution in [0, 0.1) is 5.82 Å². The van der Waals surface area contributed by atoms with Gasteiger partial charge in [-0.25, -0.2) is 22.5 Å². The fourth-order valence-electron chi connectivity index (χ4n) is 3.54. The molecular formula is C19H24FN5O3S. The first-order chi connectivity index (χ1) is 13.9. The van der Waals surface area contributed by atoms with Crippen LogP contribution in [-0.4, -0.2) is 54.0 Å². The average molecular weight is 421 g/mol. The van der Waals surface area contributed by atoms with E-state index in [0.717, 1.165) is 49.5 Å². The molecule has 1 aliphatic heterocycles. The van der Waals surface area contributed by atoms with Gasteiger partial charge in [0.05, 0.1) is 4.90 Å². The maximum absolute atomic E-state index is 12.9. The molecule has 1 aromatic heterocycles. The highest BCUT2D eigenvalue weighted by molar-refractivity contribution is 7.89. The molecule has 1 amide bonds. The lowest BCUT2D eigenvalue weighted by atomic mass is 9.96. The van der Waals surface area contributed by atoms with Gasteiger partial charge in [0.2, 0.25) is 15.9 Å². The number of benzene rings is 1. The van der Waals surface area contributed by atoms with Crippen molar-refractivity contribution in [2.75, 3.05) is 19.6 Å². The van der Waals surface area contributed by atoms with Crippen LogP contribution >= 0.6 is 0 Å².